The molecule has 4 rings (SSSR count). The van der Waals surface area contributed by atoms with Crippen LogP contribution in [0.25, 0.3) is 0 Å². The highest BCUT2D eigenvalue weighted by Gasteiger charge is 2.37. The number of alkyl halides is 3. The molecule has 2 aromatic rings. The number of rotatable bonds is 8. The zero-order valence-corrected chi connectivity index (χ0v) is 19.1. The standard InChI is InChI=1S/C21H26F3N7O4/c1-13(27-15-11-26-29-18(33)17(15)21(22,23)24)12-34-8-3-16(32)30-4-6-31(7-5-30)20-25-10-14-2-9-35-19(14)28-20/h10-11,13H,2-9,12H2,1H3,(H2,27,29,33). The van der Waals surface area contributed by atoms with Gasteiger partial charge in [-0.25, -0.2) is 10.1 Å². The molecule has 1 saturated heterocycles. The minimum Gasteiger partial charge on any atom is -0.477 e. The highest BCUT2D eigenvalue weighted by atomic mass is 19.4. The van der Waals surface area contributed by atoms with E-state index in [1.807, 2.05) is 4.90 Å². The number of fused-ring (bicyclic) bond motifs is 1. The number of halogens is 3. The van der Waals surface area contributed by atoms with E-state index in [0.29, 0.717) is 44.6 Å². The quantitative estimate of drug-likeness (QED) is 0.515. The Hall–Kier alpha value is -3.42. The first kappa shape index (κ1) is 24.7. The van der Waals surface area contributed by atoms with Gasteiger partial charge in [-0.05, 0) is 6.92 Å². The normalized spacial score (nSPS) is 16.6. The third-order valence-corrected chi connectivity index (χ3v) is 5.71. The second-order valence-corrected chi connectivity index (χ2v) is 8.32. The molecular weight excluding hydrogens is 471 g/mol. The third-order valence-electron chi connectivity index (χ3n) is 5.71. The predicted molar refractivity (Wildman–Crippen MR) is 118 cm³/mol. The van der Waals surface area contributed by atoms with Gasteiger partial charge in [0.15, 0.2) is 0 Å². The van der Waals surface area contributed by atoms with Crippen LogP contribution in [0.2, 0.25) is 0 Å². The Balaban J connectivity index is 1.18. The molecule has 1 atom stereocenters. The second kappa shape index (κ2) is 10.5. The van der Waals surface area contributed by atoms with Crippen molar-refractivity contribution in [2.75, 3.05) is 56.2 Å². The molecule has 0 aromatic carbocycles. The van der Waals surface area contributed by atoms with Crippen LogP contribution in [0.5, 0.6) is 5.88 Å². The summed E-state index contributed by atoms with van der Waals surface area (Å²) in [6.45, 7) is 4.62. The molecule has 2 N–H and O–H groups in total. The van der Waals surface area contributed by atoms with E-state index in [-0.39, 0.29) is 25.5 Å². The number of nitrogens with zero attached hydrogens (tertiary/aromatic N) is 5. The largest absolute Gasteiger partial charge is 0.477 e. The lowest BCUT2D eigenvalue weighted by molar-refractivity contribution is -0.138. The number of amides is 1. The summed E-state index contributed by atoms with van der Waals surface area (Å²) in [6, 6.07) is -0.547. The van der Waals surface area contributed by atoms with Gasteiger partial charge in [0.2, 0.25) is 17.7 Å². The smallest absolute Gasteiger partial charge is 0.423 e. The van der Waals surface area contributed by atoms with Crippen LogP contribution < -0.4 is 20.5 Å². The van der Waals surface area contributed by atoms with Crippen molar-refractivity contribution in [2.24, 2.45) is 0 Å². The van der Waals surface area contributed by atoms with E-state index in [1.54, 1.807) is 23.1 Å². The molecule has 0 aliphatic carbocycles. The Morgan fingerprint density at radius 3 is 2.80 bits per heavy atom. The molecule has 14 heteroatoms. The first-order valence-corrected chi connectivity index (χ1v) is 11.2. The molecule has 1 unspecified atom stereocenters. The van der Waals surface area contributed by atoms with Crippen LogP contribution in [0, 0.1) is 0 Å². The fourth-order valence-electron chi connectivity index (χ4n) is 3.92. The number of aromatic nitrogens is 4. The second-order valence-electron chi connectivity index (χ2n) is 8.32. The molecule has 4 heterocycles. The summed E-state index contributed by atoms with van der Waals surface area (Å²) in [4.78, 5) is 36.6. The van der Waals surface area contributed by atoms with Crippen molar-refractivity contribution in [3.8, 4) is 5.88 Å². The van der Waals surface area contributed by atoms with Crippen molar-refractivity contribution < 1.29 is 27.4 Å². The molecule has 2 aromatic heterocycles. The lowest BCUT2D eigenvalue weighted by Crippen LogP contribution is -2.49. The number of carbonyl (C=O) groups excluding carboxylic acids is 1. The van der Waals surface area contributed by atoms with Gasteiger partial charge < -0.3 is 24.6 Å². The number of anilines is 2. The van der Waals surface area contributed by atoms with Crippen molar-refractivity contribution in [1.82, 2.24) is 25.1 Å². The molecule has 1 fully saturated rings. The summed E-state index contributed by atoms with van der Waals surface area (Å²) < 4.78 is 50.4. The van der Waals surface area contributed by atoms with E-state index in [0.717, 1.165) is 18.2 Å². The number of ether oxygens (including phenoxy) is 2. The summed E-state index contributed by atoms with van der Waals surface area (Å²) in [6.07, 6.45) is -1.17. The van der Waals surface area contributed by atoms with Gasteiger partial charge in [0, 0.05) is 50.4 Å². The predicted octanol–water partition coefficient (Wildman–Crippen LogP) is 1.07. The third kappa shape index (κ3) is 5.99. The Labute approximate surface area is 198 Å². The zero-order chi connectivity index (χ0) is 25.0. The number of H-pyrrole nitrogens is 1. The minimum atomic E-state index is -4.82. The summed E-state index contributed by atoms with van der Waals surface area (Å²) in [5, 5.41) is 7.79. The van der Waals surface area contributed by atoms with Gasteiger partial charge in [-0.2, -0.15) is 23.3 Å². The average molecular weight is 497 g/mol. The molecule has 0 bridgehead atoms. The molecule has 11 nitrogen and oxygen atoms in total. The van der Waals surface area contributed by atoms with Crippen LogP contribution in [-0.2, 0) is 22.1 Å². The Morgan fingerprint density at radius 1 is 1.29 bits per heavy atom. The molecule has 0 saturated carbocycles. The van der Waals surface area contributed by atoms with Gasteiger partial charge in [0.25, 0.3) is 5.56 Å². The fourth-order valence-corrected chi connectivity index (χ4v) is 3.92. The Kier molecular flexibility index (Phi) is 7.38. The van der Waals surface area contributed by atoms with Crippen LogP contribution in [0.15, 0.2) is 17.2 Å². The lowest BCUT2D eigenvalue weighted by Gasteiger charge is -2.34. The highest BCUT2D eigenvalue weighted by Crippen LogP contribution is 2.31. The monoisotopic (exact) mass is 497 g/mol. The van der Waals surface area contributed by atoms with Crippen LogP contribution in [0.3, 0.4) is 0 Å². The molecule has 2 aliphatic rings. The van der Waals surface area contributed by atoms with Crippen molar-refractivity contribution in [3.05, 3.63) is 33.9 Å². The van der Waals surface area contributed by atoms with Crippen LogP contribution in [0.4, 0.5) is 24.8 Å². The molecule has 0 spiro atoms. The zero-order valence-electron chi connectivity index (χ0n) is 19.1. The molecule has 190 valence electrons. The maximum atomic E-state index is 13.1. The van der Waals surface area contributed by atoms with E-state index in [9.17, 15) is 22.8 Å². The molecular formula is C21H26F3N7O4. The van der Waals surface area contributed by atoms with Crippen molar-refractivity contribution >= 4 is 17.5 Å². The molecule has 35 heavy (non-hydrogen) atoms. The van der Waals surface area contributed by atoms with Gasteiger partial charge in [0.1, 0.15) is 5.56 Å². The SMILES string of the molecule is CC(COCCC(=O)N1CCN(c2ncc3c(n2)OCC3)CC1)Nc1cn[nH]c(=O)c1C(F)(F)F. The highest BCUT2D eigenvalue weighted by molar-refractivity contribution is 5.76. The first-order valence-electron chi connectivity index (χ1n) is 11.2. The molecule has 2 aliphatic heterocycles. The number of aromatic amines is 1. The number of hydrogen-bond donors (Lipinski definition) is 2. The van der Waals surface area contributed by atoms with Crippen molar-refractivity contribution in [1.29, 1.82) is 0 Å². The Bertz CT molecular complexity index is 1100. The van der Waals surface area contributed by atoms with Gasteiger partial charge in [-0.3, -0.25) is 9.59 Å². The summed E-state index contributed by atoms with van der Waals surface area (Å²) in [5.74, 6) is 1.15. The summed E-state index contributed by atoms with van der Waals surface area (Å²) in [5.41, 5.74) is -2.09. The number of nitrogens with one attached hydrogen (secondary N) is 2. The topological polar surface area (TPSA) is 126 Å². The summed E-state index contributed by atoms with van der Waals surface area (Å²) in [7, 11) is 0. The van der Waals surface area contributed by atoms with Crippen molar-refractivity contribution in [3.63, 3.8) is 0 Å². The van der Waals surface area contributed by atoms with E-state index in [1.165, 1.54) is 0 Å². The van der Waals surface area contributed by atoms with E-state index in [2.05, 4.69) is 20.4 Å². The van der Waals surface area contributed by atoms with Crippen LogP contribution >= 0.6 is 0 Å². The average Bonchev–Trinajstić information content (AvgIpc) is 3.29. The van der Waals surface area contributed by atoms with E-state index < -0.39 is 29.0 Å². The van der Waals surface area contributed by atoms with Gasteiger partial charge in [0.05, 0.1) is 38.1 Å². The minimum absolute atomic E-state index is 0.0445. The Morgan fingerprint density at radius 2 is 2.06 bits per heavy atom. The first-order chi connectivity index (χ1) is 16.7. The van der Waals surface area contributed by atoms with Gasteiger partial charge in [-0.15, -0.1) is 0 Å². The molecule has 0 radical (unpaired) electrons. The lowest BCUT2D eigenvalue weighted by atomic mass is 10.2. The van der Waals surface area contributed by atoms with Gasteiger partial charge >= 0.3 is 6.18 Å². The van der Waals surface area contributed by atoms with Crippen molar-refractivity contribution in [2.45, 2.75) is 32.0 Å². The fraction of sp³-hybridized carbons (Fsp3) is 0.571. The number of piperazine rings is 1. The maximum absolute atomic E-state index is 13.1. The number of hydrogen-bond acceptors (Lipinski definition) is 9. The van der Waals surface area contributed by atoms with E-state index in [4.69, 9.17) is 9.47 Å². The maximum Gasteiger partial charge on any atom is 0.423 e. The van der Waals surface area contributed by atoms with Crippen LogP contribution in [0.1, 0.15) is 24.5 Å². The van der Waals surface area contributed by atoms with E-state index >= 15 is 0 Å². The number of carbonyl (C=O) groups is 1. The van der Waals surface area contributed by atoms with Crippen LogP contribution in [-0.4, -0.2) is 83.0 Å². The summed E-state index contributed by atoms with van der Waals surface area (Å²) >= 11 is 0. The molecule has 1 amide bonds. The van der Waals surface area contributed by atoms with Gasteiger partial charge in [-0.1, -0.05) is 0 Å².